The van der Waals surface area contributed by atoms with E-state index < -0.39 is 22.4 Å². The minimum atomic E-state index is -0.634. The van der Waals surface area contributed by atoms with Gasteiger partial charge < -0.3 is 14.8 Å². The van der Waals surface area contributed by atoms with Gasteiger partial charge >= 0.3 is 5.69 Å². The van der Waals surface area contributed by atoms with E-state index in [2.05, 4.69) is 10.3 Å². The highest BCUT2D eigenvalue weighted by Crippen LogP contribution is 2.31. The number of hydrogen-bond donors (Lipinski definition) is 1. The number of pyridine rings is 1. The number of amides is 1. The molecule has 0 radical (unpaired) electrons. The van der Waals surface area contributed by atoms with Crippen LogP contribution >= 0.6 is 11.6 Å². The first-order chi connectivity index (χ1) is 15.7. The van der Waals surface area contributed by atoms with E-state index in [1.54, 1.807) is 0 Å². The fourth-order valence-electron chi connectivity index (χ4n) is 2.94. The van der Waals surface area contributed by atoms with Crippen LogP contribution in [-0.2, 0) is 0 Å². The number of ketones is 1. The molecule has 2 aromatic carbocycles. The van der Waals surface area contributed by atoms with Gasteiger partial charge in [0.1, 0.15) is 23.0 Å². The Balaban J connectivity index is 1.78. The Hall–Kier alpha value is -4.05. The lowest BCUT2D eigenvalue weighted by molar-refractivity contribution is -0.385. The van der Waals surface area contributed by atoms with Crippen LogP contribution in [0.2, 0.25) is 5.02 Å². The second-order valence-electron chi connectivity index (χ2n) is 6.63. The van der Waals surface area contributed by atoms with Gasteiger partial charge in [-0.1, -0.05) is 11.6 Å². The van der Waals surface area contributed by atoms with Crippen LogP contribution in [0.5, 0.6) is 11.5 Å². The van der Waals surface area contributed by atoms with Crippen molar-refractivity contribution in [2.75, 3.05) is 20.8 Å². The summed E-state index contributed by atoms with van der Waals surface area (Å²) < 4.78 is 23.7. The van der Waals surface area contributed by atoms with Gasteiger partial charge in [-0.05, 0) is 36.4 Å². The first-order valence-electron chi connectivity index (χ1n) is 9.39. The lowest BCUT2D eigenvalue weighted by Gasteiger charge is -2.11. The summed E-state index contributed by atoms with van der Waals surface area (Å²) in [5.74, 6) is -1.48. The van der Waals surface area contributed by atoms with Crippen LogP contribution in [0.15, 0.2) is 48.5 Å². The summed E-state index contributed by atoms with van der Waals surface area (Å²) >= 11 is 5.85. The topological polar surface area (TPSA) is 121 Å². The third kappa shape index (κ3) is 5.24. The quantitative estimate of drug-likeness (QED) is 0.297. The molecule has 1 N–H and O–H groups in total. The van der Waals surface area contributed by atoms with Crippen LogP contribution in [0.3, 0.4) is 0 Å². The number of hydrogen-bond acceptors (Lipinski definition) is 7. The SMILES string of the molecule is COc1cc(C(=O)NCC(=O)c2ccc(OC)c(-c3ccc(F)c(Cl)c3)n2)ccc1[N+](=O)[O-]. The Labute approximate surface area is 192 Å². The summed E-state index contributed by atoms with van der Waals surface area (Å²) in [7, 11) is 2.67. The molecule has 1 heterocycles. The lowest BCUT2D eigenvalue weighted by atomic mass is 10.1. The van der Waals surface area contributed by atoms with Crippen LogP contribution in [0, 0.1) is 15.9 Å². The highest BCUT2D eigenvalue weighted by Gasteiger charge is 2.19. The maximum absolute atomic E-state index is 13.5. The molecule has 0 saturated carbocycles. The summed E-state index contributed by atoms with van der Waals surface area (Å²) in [6, 6.07) is 10.5. The molecule has 3 aromatic rings. The molecule has 1 aromatic heterocycles. The molecule has 0 saturated heterocycles. The van der Waals surface area contributed by atoms with E-state index in [1.165, 1.54) is 56.7 Å². The third-order valence-corrected chi connectivity index (χ3v) is 4.89. The highest BCUT2D eigenvalue weighted by molar-refractivity contribution is 6.31. The van der Waals surface area contributed by atoms with Crippen LogP contribution in [0.25, 0.3) is 11.3 Å². The lowest BCUT2D eigenvalue weighted by Crippen LogP contribution is -2.30. The van der Waals surface area contributed by atoms with E-state index in [0.29, 0.717) is 11.3 Å². The van der Waals surface area contributed by atoms with Gasteiger partial charge in [0.25, 0.3) is 5.91 Å². The number of nitrogens with one attached hydrogen (secondary N) is 1. The van der Waals surface area contributed by atoms with Crippen molar-refractivity contribution in [3.8, 4) is 22.8 Å². The number of halogens is 2. The molecule has 33 heavy (non-hydrogen) atoms. The predicted octanol–water partition coefficient (Wildman–Crippen LogP) is 4.08. The Kier molecular flexibility index (Phi) is 7.19. The molecular weight excluding hydrogens is 457 g/mol. The molecule has 0 aliphatic heterocycles. The number of Topliss-reactive ketones (excluding diaryl/α,β-unsaturated/α-hetero) is 1. The number of aromatic nitrogens is 1. The fraction of sp³-hybridized carbons (Fsp3) is 0.136. The van der Waals surface area contributed by atoms with E-state index in [-0.39, 0.29) is 40.0 Å². The monoisotopic (exact) mass is 473 g/mol. The first kappa shape index (κ1) is 23.6. The normalized spacial score (nSPS) is 10.4. The van der Waals surface area contributed by atoms with Gasteiger partial charge in [0, 0.05) is 23.3 Å². The standard InChI is InChI=1S/C22H17ClFN3O6/c1-32-19-8-6-16(26-21(19)12-3-5-15(24)14(23)9-12)18(28)11-25-22(29)13-4-7-17(27(30)31)20(10-13)33-2/h3-10H,11H2,1-2H3,(H,25,29). The Morgan fingerprint density at radius 1 is 1.09 bits per heavy atom. The average molecular weight is 474 g/mol. The zero-order valence-electron chi connectivity index (χ0n) is 17.4. The highest BCUT2D eigenvalue weighted by atomic mass is 35.5. The molecule has 0 bridgehead atoms. The number of carbonyl (C=O) groups is 2. The molecule has 170 valence electrons. The maximum atomic E-state index is 13.5. The minimum Gasteiger partial charge on any atom is -0.494 e. The van der Waals surface area contributed by atoms with Crippen molar-refractivity contribution < 1.29 is 28.4 Å². The van der Waals surface area contributed by atoms with Crippen LogP contribution in [0.4, 0.5) is 10.1 Å². The molecule has 0 spiro atoms. The van der Waals surface area contributed by atoms with Gasteiger partial charge in [-0.25, -0.2) is 9.37 Å². The number of benzene rings is 2. The number of rotatable bonds is 8. The van der Waals surface area contributed by atoms with Crippen LogP contribution in [0.1, 0.15) is 20.8 Å². The molecule has 0 atom stereocenters. The third-order valence-electron chi connectivity index (χ3n) is 4.60. The van der Waals surface area contributed by atoms with Crippen molar-refractivity contribution in [3.05, 3.63) is 80.7 Å². The first-order valence-corrected chi connectivity index (χ1v) is 9.77. The molecule has 9 nitrogen and oxygen atoms in total. The molecule has 0 fully saturated rings. The van der Waals surface area contributed by atoms with Crippen molar-refractivity contribution in [2.45, 2.75) is 0 Å². The van der Waals surface area contributed by atoms with Gasteiger partial charge in [-0.15, -0.1) is 0 Å². The van der Waals surface area contributed by atoms with Crippen molar-refractivity contribution in [3.63, 3.8) is 0 Å². The van der Waals surface area contributed by atoms with Crippen molar-refractivity contribution in [1.82, 2.24) is 10.3 Å². The van der Waals surface area contributed by atoms with Gasteiger partial charge in [-0.3, -0.25) is 19.7 Å². The number of carbonyl (C=O) groups excluding carboxylic acids is 2. The summed E-state index contributed by atoms with van der Waals surface area (Å²) in [6.07, 6.45) is 0. The summed E-state index contributed by atoms with van der Waals surface area (Å²) in [6.45, 7) is -0.388. The Morgan fingerprint density at radius 3 is 2.45 bits per heavy atom. The van der Waals surface area contributed by atoms with Gasteiger partial charge in [0.15, 0.2) is 11.5 Å². The zero-order chi connectivity index (χ0) is 24.1. The van der Waals surface area contributed by atoms with E-state index in [0.717, 1.165) is 6.07 Å². The molecular formula is C22H17ClFN3O6. The number of methoxy groups -OCH3 is 2. The van der Waals surface area contributed by atoms with Gasteiger partial charge in [0.05, 0.1) is 30.7 Å². The van der Waals surface area contributed by atoms with E-state index in [4.69, 9.17) is 21.1 Å². The predicted molar refractivity (Wildman–Crippen MR) is 118 cm³/mol. The fourth-order valence-corrected chi connectivity index (χ4v) is 3.12. The molecule has 0 unspecified atom stereocenters. The van der Waals surface area contributed by atoms with Crippen molar-refractivity contribution >= 4 is 29.0 Å². The number of nitro groups is 1. The number of nitrogens with zero attached hydrogens (tertiary/aromatic N) is 2. The van der Waals surface area contributed by atoms with Crippen LogP contribution in [-0.4, -0.2) is 42.4 Å². The van der Waals surface area contributed by atoms with Gasteiger partial charge in [-0.2, -0.15) is 0 Å². The van der Waals surface area contributed by atoms with Gasteiger partial charge in [0.2, 0.25) is 0 Å². The van der Waals surface area contributed by atoms with Crippen molar-refractivity contribution in [1.29, 1.82) is 0 Å². The average Bonchev–Trinajstić information content (AvgIpc) is 2.82. The minimum absolute atomic E-state index is 0.0350. The zero-order valence-corrected chi connectivity index (χ0v) is 18.2. The molecule has 0 aliphatic rings. The van der Waals surface area contributed by atoms with Crippen molar-refractivity contribution in [2.24, 2.45) is 0 Å². The molecule has 0 aliphatic carbocycles. The number of nitro benzene ring substituents is 1. The largest absolute Gasteiger partial charge is 0.494 e. The molecule has 3 rings (SSSR count). The Bertz CT molecular complexity index is 1250. The summed E-state index contributed by atoms with van der Waals surface area (Å²) in [4.78, 5) is 39.7. The second-order valence-corrected chi connectivity index (χ2v) is 7.03. The van der Waals surface area contributed by atoms with E-state index in [9.17, 15) is 24.1 Å². The smallest absolute Gasteiger partial charge is 0.310 e. The molecule has 11 heteroatoms. The van der Waals surface area contributed by atoms with E-state index in [1.807, 2.05) is 0 Å². The Morgan fingerprint density at radius 2 is 1.82 bits per heavy atom. The molecule has 1 amide bonds. The summed E-state index contributed by atoms with van der Waals surface area (Å²) in [5.41, 5.74) is 0.537. The number of ether oxygens (including phenoxy) is 2. The summed E-state index contributed by atoms with van der Waals surface area (Å²) in [5, 5.41) is 13.3. The second kappa shape index (κ2) is 10.0. The van der Waals surface area contributed by atoms with E-state index >= 15 is 0 Å². The maximum Gasteiger partial charge on any atom is 0.310 e. The van der Waals surface area contributed by atoms with Crippen LogP contribution < -0.4 is 14.8 Å².